The van der Waals surface area contributed by atoms with Crippen LogP contribution in [0.15, 0.2) is 5.18 Å². The molecule has 0 aliphatic carbocycles. The molecule has 60 valence electrons. The molecule has 0 radical (unpaired) electrons. The van der Waals surface area contributed by atoms with Crippen molar-refractivity contribution in [1.29, 1.82) is 0 Å². The first-order chi connectivity index (χ1) is 4.91. The molecule has 0 aromatic rings. The Bertz CT molecular complexity index is 77.4. The molecule has 4 heteroatoms. The normalized spacial score (nSPS) is 9.70. The van der Waals surface area contributed by atoms with Crippen molar-refractivity contribution in [3.05, 3.63) is 4.91 Å². The topological polar surface area (TPSA) is 53.5 Å². The average molecular weight is 145 g/mol. The Morgan fingerprint density at radius 1 is 1.20 bits per heavy atom. The molecule has 0 saturated carbocycles. The summed E-state index contributed by atoms with van der Waals surface area (Å²) in [6.45, 7) is 5.97. The van der Waals surface area contributed by atoms with Gasteiger partial charge in [-0.1, -0.05) is 12.1 Å². The summed E-state index contributed by atoms with van der Waals surface area (Å²) < 4.78 is 0. The van der Waals surface area contributed by atoms with Gasteiger partial charge in [0.2, 0.25) is 0 Å². The second-order valence-corrected chi connectivity index (χ2v) is 1.96. The first kappa shape index (κ1) is 9.52. The highest BCUT2D eigenvalue weighted by atomic mass is 16.3. The van der Waals surface area contributed by atoms with E-state index in [9.17, 15) is 4.91 Å². The summed E-state index contributed by atoms with van der Waals surface area (Å²) in [6, 6.07) is 0. The smallest absolute Gasteiger partial charge is 0.0935 e. The quantitative estimate of drug-likeness (QED) is 0.390. The van der Waals surface area contributed by atoms with Crippen molar-refractivity contribution in [2.45, 2.75) is 6.92 Å². The number of hydrogen-bond acceptors (Lipinski definition) is 4. The minimum absolute atomic E-state index is 0.367. The van der Waals surface area contributed by atoms with Crippen molar-refractivity contribution in [3.63, 3.8) is 0 Å². The molecule has 0 aliphatic heterocycles. The third-order valence-electron chi connectivity index (χ3n) is 1.11. The Labute approximate surface area is 61.4 Å². The monoisotopic (exact) mass is 145 g/mol. The second kappa shape index (κ2) is 8.52. The van der Waals surface area contributed by atoms with Gasteiger partial charge in [-0.05, 0) is 6.54 Å². The van der Waals surface area contributed by atoms with E-state index in [-0.39, 0.29) is 0 Å². The van der Waals surface area contributed by atoms with Gasteiger partial charge >= 0.3 is 0 Å². The van der Waals surface area contributed by atoms with Crippen LogP contribution in [0.1, 0.15) is 6.92 Å². The summed E-state index contributed by atoms with van der Waals surface area (Å²) in [4.78, 5) is 9.59. The van der Waals surface area contributed by atoms with E-state index in [2.05, 4.69) is 22.7 Å². The van der Waals surface area contributed by atoms with Gasteiger partial charge in [0.15, 0.2) is 0 Å². The summed E-state index contributed by atoms with van der Waals surface area (Å²) in [7, 11) is 0. The van der Waals surface area contributed by atoms with Crippen LogP contribution in [0.5, 0.6) is 0 Å². The number of hydrogen-bond donors (Lipinski definition) is 2. The first-order valence-corrected chi connectivity index (χ1v) is 3.62. The van der Waals surface area contributed by atoms with Crippen LogP contribution in [0.3, 0.4) is 0 Å². The molecule has 4 nitrogen and oxygen atoms in total. The Hall–Kier alpha value is -0.480. The van der Waals surface area contributed by atoms with Gasteiger partial charge in [-0.15, -0.1) is 0 Å². The maximum Gasteiger partial charge on any atom is 0.0935 e. The highest BCUT2D eigenvalue weighted by molar-refractivity contribution is 4.51. The molecule has 0 bridgehead atoms. The minimum atomic E-state index is 0.367. The maximum absolute atomic E-state index is 9.59. The van der Waals surface area contributed by atoms with Gasteiger partial charge in [0.1, 0.15) is 0 Å². The minimum Gasteiger partial charge on any atom is -0.316 e. The van der Waals surface area contributed by atoms with Crippen molar-refractivity contribution >= 4 is 0 Å². The van der Waals surface area contributed by atoms with Crippen molar-refractivity contribution < 1.29 is 0 Å². The highest BCUT2D eigenvalue weighted by Gasteiger charge is 1.84. The number of nitrogens with one attached hydrogen (secondary N) is 2. The lowest BCUT2D eigenvalue weighted by molar-refractivity contribution is 0.628. The number of likely N-dealkylation sites (N-methyl/N-ethyl adjacent to an activating group) is 1. The zero-order valence-electron chi connectivity index (χ0n) is 6.39. The fourth-order valence-electron chi connectivity index (χ4n) is 0.603. The van der Waals surface area contributed by atoms with E-state index in [4.69, 9.17) is 0 Å². The van der Waals surface area contributed by atoms with Crippen molar-refractivity contribution in [3.8, 4) is 0 Å². The van der Waals surface area contributed by atoms with Gasteiger partial charge in [-0.3, -0.25) is 0 Å². The molecule has 0 aliphatic rings. The van der Waals surface area contributed by atoms with E-state index in [0.717, 1.165) is 19.6 Å². The van der Waals surface area contributed by atoms with Crippen LogP contribution < -0.4 is 10.6 Å². The molecule has 0 amide bonds. The molecule has 0 aromatic carbocycles. The number of rotatable bonds is 7. The molecule has 0 aromatic heterocycles. The highest BCUT2D eigenvalue weighted by Crippen LogP contribution is 1.63. The Morgan fingerprint density at radius 2 is 1.90 bits per heavy atom. The van der Waals surface area contributed by atoms with Crippen molar-refractivity contribution in [2.75, 3.05) is 32.7 Å². The molecule has 0 saturated heterocycles. The summed E-state index contributed by atoms with van der Waals surface area (Å²) >= 11 is 0. The fourth-order valence-corrected chi connectivity index (χ4v) is 0.603. The van der Waals surface area contributed by atoms with Gasteiger partial charge in [-0.25, -0.2) is 0 Å². The Morgan fingerprint density at radius 3 is 2.50 bits per heavy atom. The Balaban J connectivity index is 2.70. The van der Waals surface area contributed by atoms with Gasteiger partial charge in [0.25, 0.3) is 0 Å². The first-order valence-electron chi connectivity index (χ1n) is 3.62. The third-order valence-corrected chi connectivity index (χ3v) is 1.11. The Kier molecular flexibility index (Phi) is 8.11. The summed E-state index contributed by atoms with van der Waals surface area (Å²) in [5, 5.41) is 8.94. The molecular weight excluding hydrogens is 130 g/mol. The second-order valence-electron chi connectivity index (χ2n) is 1.96. The lowest BCUT2D eigenvalue weighted by Crippen LogP contribution is -2.28. The van der Waals surface area contributed by atoms with E-state index < -0.39 is 0 Å². The lowest BCUT2D eigenvalue weighted by atomic mass is 10.5. The molecule has 0 spiro atoms. The number of nitroso groups, excluding NO2 is 1. The molecule has 0 heterocycles. The third kappa shape index (κ3) is 7.52. The van der Waals surface area contributed by atoms with Gasteiger partial charge in [-0.2, -0.15) is 4.91 Å². The molecular formula is C6H15N3O. The SMILES string of the molecule is CCNCCNCCN=O. The summed E-state index contributed by atoms with van der Waals surface area (Å²) in [5.41, 5.74) is 0. The standard InChI is InChI=1S/C6H15N3O/c1-2-7-3-4-8-5-6-9-10/h7-8H,2-6H2,1H3. The van der Waals surface area contributed by atoms with E-state index in [1.54, 1.807) is 0 Å². The molecule has 0 atom stereocenters. The maximum atomic E-state index is 9.59. The van der Waals surface area contributed by atoms with E-state index >= 15 is 0 Å². The predicted molar refractivity (Wildman–Crippen MR) is 42.1 cm³/mol. The van der Waals surface area contributed by atoms with Crippen LogP contribution >= 0.6 is 0 Å². The molecule has 0 fully saturated rings. The molecule has 2 N–H and O–H groups in total. The summed E-state index contributed by atoms with van der Waals surface area (Å²) in [6.07, 6.45) is 0. The predicted octanol–water partition coefficient (Wildman–Crippen LogP) is -0.0481. The van der Waals surface area contributed by atoms with Gasteiger partial charge < -0.3 is 10.6 Å². The van der Waals surface area contributed by atoms with Gasteiger partial charge in [0, 0.05) is 19.6 Å². The number of nitrogens with zero attached hydrogens (tertiary/aromatic N) is 1. The zero-order chi connectivity index (χ0) is 7.66. The van der Waals surface area contributed by atoms with Crippen LogP contribution in [0, 0.1) is 4.91 Å². The van der Waals surface area contributed by atoms with Crippen LogP contribution in [-0.2, 0) is 0 Å². The van der Waals surface area contributed by atoms with Crippen molar-refractivity contribution in [1.82, 2.24) is 10.6 Å². The van der Waals surface area contributed by atoms with E-state index in [1.807, 2.05) is 0 Å². The van der Waals surface area contributed by atoms with Crippen LogP contribution in [0.25, 0.3) is 0 Å². The molecule has 0 rings (SSSR count). The lowest BCUT2D eigenvalue weighted by Gasteiger charge is -2.01. The molecule has 10 heavy (non-hydrogen) atoms. The fraction of sp³-hybridized carbons (Fsp3) is 1.00. The van der Waals surface area contributed by atoms with Crippen LogP contribution in [0.4, 0.5) is 0 Å². The largest absolute Gasteiger partial charge is 0.316 e. The average Bonchev–Trinajstić information content (AvgIpc) is 1.97. The van der Waals surface area contributed by atoms with Crippen LogP contribution in [0.2, 0.25) is 0 Å². The van der Waals surface area contributed by atoms with Gasteiger partial charge in [0.05, 0.1) is 6.54 Å². The zero-order valence-corrected chi connectivity index (χ0v) is 6.39. The van der Waals surface area contributed by atoms with Crippen molar-refractivity contribution in [2.24, 2.45) is 5.18 Å². The van der Waals surface area contributed by atoms with E-state index in [1.165, 1.54) is 0 Å². The molecule has 0 unspecified atom stereocenters. The van der Waals surface area contributed by atoms with E-state index in [0.29, 0.717) is 13.1 Å². The summed E-state index contributed by atoms with van der Waals surface area (Å²) in [5.74, 6) is 0. The van der Waals surface area contributed by atoms with Crippen LogP contribution in [-0.4, -0.2) is 32.7 Å².